The van der Waals surface area contributed by atoms with E-state index in [0.29, 0.717) is 11.5 Å². The van der Waals surface area contributed by atoms with E-state index in [9.17, 15) is 4.79 Å². The van der Waals surface area contributed by atoms with Crippen molar-refractivity contribution in [2.24, 2.45) is 5.92 Å². The van der Waals surface area contributed by atoms with Crippen molar-refractivity contribution in [2.75, 3.05) is 5.33 Å². The zero-order valence-corrected chi connectivity index (χ0v) is 13.2. The van der Waals surface area contributed by atoms with Crippen molar-refractivity contribution in [3.05, 3.63) is 36.2 Å². The molecule has 1 aromatic carbocycles. The molecule has 106 valence electrons. The van der Waals surface area contributed by atoms with Crippen LogP contribution in [0, 0.1) is 5.92 Å². The van der Waals surface area contributed by atoms with Gasteiger partial charge in [-0.3, -0.25) is 14.8 Å². The van der Waals surface area contributed by atoms with Crippen molar-refractivity contribution in [3.8, 4) is 0 Å². The quantitative estimate of drug-likeness (QED) is 0.854. The van der Waals surface area contributed by atoms with E-state index in [0.717, 1.165) is 22.8 Å². The molecule has 1 atom stereocenters. The van der Waals surface area contributed by atoms with Gasteiger partial charge in [-0.15, -0.1) is 0 Å². The molecule has 0 saturated carbocycles. The molecule has 1 N–H and O–H groups in total. The van der Waals surface area contributed by atoms with Gasteiger partial charge in [-0.05, 0) is 30.5 Å². The molecule has 0 bridgehead atoms. The Kier molecular flexibility index (Phi) is 5.06. The number of rotatable bonds is 5. The monoisotopic (exact) mass is 335 g/mol. The van der Waals surface area contributed by atoms with Crippen LogP contribution < -0.4 is 5.32 Å². The smallest absolute Gasteiger partial charge is 0.251 e. The molecule has 20 heavy (non-hydrogen) atoms. The molecule has 0 radical (unpaired) electrons. The van der Waals surface area contributed by atoms with Crippen molar-refractivity contribution in [1.82, 2.24) is 15.3 Å². The summed E-state index contributed by atoms with van der Waals surface area (Å²) in [5.41, 5.74) is 2.15. The fraction of sp³-hybridized carbons (Fsp3) is 0.400. The number of aromatic nitrogens is 2. The molecule has 2 aromatic rings. The molecular formula is C15H18BrN3O. The van der Waals surface area contributed by atoms with Gasteiger partial charge < -0.3 is 5.32 Å². The fourth-order valence-corrected chi connectivity index (χ4v) is 2.53. The number of benzene rings is 1. The summed E-state index contributed by atoms with van der Waals surface area (Å²) in [6, 6.07) is 5.52. The highest BCUT2D eigenvalue weighted by Gasteiger charge is 2.14. The molecule has 5 heteroatoms. The molecule has 2 rings (SSSR count). The van der Waals surface area contributed by atoms with Crippen molar-refractivity contribution in [2.45, 2.75) is 26.3 Å². The van der Waals surface area contributed by atoms with Gasteiger partial charge in [0.15, 0.2) is 0 Å². The van der Waals surface area contributed by atoms with E-state index in [1.165, 1.54) is 0 Å². The zero-order chi connectivity index (χ0) is 14.5. The Hall–Kier alpha value is -1.49. The Bertz CT molecular complexity index is 600. The Morgan fingerprint density at radius 1 is 1.25 bits per heavy atom. The highest BCUT2D eigenvalue weighted by molar-refractivity contribution is 9.09. The highest BCUT2D eigenvalue weighted by Crippen LogP contribution is 2.12. The summed E-state index contributed by atoms with van der Waals surface area (Å²) in [4.78, 5) is 20.7. The Morgan fingerprint density at radius 3 is 2.60 bits per heavy atom. The van der Waals surface area contributed by atoms with Gasteiger partial charge in [0, 0.05) is 29.3 Å². The molecule has 0 aliphatic heterocycles. The Balaban J connectivity index is 2.14. The summed E-state index contributed by atoms with van der Waals surface area (Å²) in [6.07, 6.45) is 4.22. The lowest BCUT2D eigenvalue weighted by Gasteiger charge is -2.18. The van der Waals surface area contributed by atoms with Gasteiger partial charge in [0.05, 0.1) is 11.0 Å². The van der Waals surface area contributed by atoms with Gasteiger partial charge in [-0.25, -0.2) is 0 Å². The Labute approximate surface area is 127 Å². The van der Waals surface area contributed by atoms with Crippen LogP contribution >= 0.6 is 15.9 Å². The number of alkyl halides is 1. The summed E-state index contributed by atoms with van der Waals surface area (Å²) in [7, 11) is 0. The van der Waals surface area contributed by atoms with Gasteiger partial charge >= 0.3 is 0 Å². The lowest BCUT2D eigenvalue weighted by molar-refractivity contribution is 0.0937. The standard InChI is InChI=1S/C15H18BrN3O/c1-10(2)7-12(9-16)19-15(20)11-3-4-13-14(8-11)18-6-5-17-13/h3-6,8,10,12H,7,9H2,1-2H3,(H,19,20). The van der Waals surface area contributed by atoms with Crippen LogP contribution in [0.2, 0.25) is 0 Å². The third-order valence-electron chi connectivity index (χ3n) is 3.01. The molecule has 0 aliphatic rings. The minimum absolute atomic E-state index is 0.0670. The van der Waals surface area contributed by atoms with E-state index in [1.807, 2.05) is 6.07 Å². The molecule has 0 spiro atoms. The maximum atomic E-state index is 12.3. The van der Waals surface area contributed by atoms with Crippen LogP contribution in [0.25, 0.3) is 11.0 Å². The molecule has 4 nitrogen and oxygen atoms in total. The summed E-state index contributed by atoms with van der Waals surface area (Å²) in [6.45, 7) is 4.29. The van der Waals surface area contributed by atoms with Crippen molar-refractivity contribution in [1.29, 1.82) is 0 Å². The zero-order valence-electron chi connectivity index (χ0n) is 11.6. The first kappa shape index (κ1) is 14.9. The average Bonchev–Trinajstić information content (AvgIpc) is 2.45. The van der Waals surface area contributed by atoms with Crippen LogP contribution in [0.4, 0.5) is 0 Å². The van der Waals surface area contributed by atoms with Crippen molar-refractivity contribution in [3.63, 3.8) is 0 Å². The number of hydrogen-bond donors (Lipinski definition) is 1. The normalized spacial score (nSPS) is 12.6. The van der Waals surface area contributed by atoms with E-state index >= 15 is 0 Å². The van der Waals surface area contributed by atoms with Crippen molar-refractivity contribution < 1.29 is 4.79 Å². The van der Waals surface area contributed by atoms with Gasteiger partial charge in [0.25, 0.3) is 5.91 Å². The maximum absolute atomic E-state index is 12.3. The largest absolute Gasteiger partial charge is 0.348 e. The predicted molar refractivity (Wildman–Crippen MR) is 84.0 cm³/mol. The summed E-state index contributed by atoms with van der Waals surface area (Å²) >= 11 is 3.45. The second-order valence-electron chi connectivity index (χ2n) is 5.21. The first-order valence-corrected chi connectivity index (χ1v) is 7.80. The third-order valence-corrected chi connectivity index (χ3v) is 3.79. The summed E-state index contributed by atoms with van der Waals surface area (Å²) in [5, 5.41) is 3.80. The van der Waals surface area contributed by atoms with Gasteiger partial charge in [0.1, 0.15) is 0 Å². The van der Waals surface area contributed by atoms with Gasteiger partial charge in [0.2, 0.25) is 0 Å². The number of carbonyl (C=O) groups is 1. The lowest BCUT2D eigenvalue weighted by Crippen LogP contribution is -2.37. The number of nitrogens with one attached hydrogen (secondary N) is 1. The number of carbonyl (C=O) groups excluding carboxylic acids is 1. The molecule has 1 amide bonds. The van der Waals surface area contributed by atoms with E-state index in [2.05, 4.69) is 45.1 Å². The number of halogens is 1. The molecule has 0 aliphatic carbocycles. The van der Waals surface area contributed by atoms with Crippen LogP contribution in [0.3, 0.4) is 0 Å². The maximum Gasteiger partial charge on any atom is 0.251 e. The van der Waals surface area contributed by atoms with Crippen LogP contribution in [0.15, 0.2) is 30.6 Å². The van der Waals surface area contributed by atoms with Gasteiger partial charge in [-0.2, -0.15) is 0 Å². The van der Waals surface area contributed by atoms with Crippen LogP contribution in [0.1, 0.15) is 30.6 Å². The number of fused-ring (bicyclic) bond motifs is 1. The van der Waals surface area contributed by atoms with E-state index in [1.54, 1.807) is 24.5 Å². The minimum Gasteiger partial charge on any atom is -0.348 e. The predicted octanol–water partition coefficient (Wildman–Crippen LogP) is 3.17. The fourth-order valence-electron chi connectivity index (χ4n) is 2.10. The topological polar surface area (TPSA) is 54.9 Å². The summed E-state index contributed by atoms with van der Waals surface area (Å²) < 4.78 is 0. The lowest BCUT2D eigenvalue weighted by atomic mass is 10.0. The van der Waals surface area contributed by atoms with E-state index in [4.69, 9.17) is 0 Å². The SMILES string of the molecule is CC(C)CC(CBr)NC(=O)c1ccc2nccnc2c1. The molecular weight excluding hydrogens is 318 g/mol. The second-order valence-corrected chi connectivity index (χ2v) is 5.86. The summed E-state index contributed by atoms with van der Waals surface area (Å²) in [5.74, 6) is 0.475. The number of nitrogens with zero attached hydrogens (tertiary/aromatic N) is 2. The first-order valence-electron chi connectivity index (χ1n) is 6.67. The third kappa shape index (κ3) is 3.76. The molecule has 0 saturated heterocycles. The Morgan fingerprint density at radius 2 is 1.95 bits per heavy atom. The molecule has 0 fully saturated rings. The van der Waals surface area contributed by atoms with Gasteiger partial charge in [-0.1, -0.05) is 29.8 Å². The number of amides is 1. The van der Waals surface area contributed by atoms with E-state index < -0.39 is 0 Å². The molecule has 1 unspecified atom stereocenters. The van der Waals surface area contributed by atoms with Crippen LogP contribution in [-0.2, 0) is 0 Å². The van der Waals surface area contributed by atoms with Crippen molar-refractivity contribution >= 4 is 32.9 Å². The average molecular weight is 336 g/mol. The molecule has 1 heterocycles. The van der Waals surface area contributed by atoms with E-state index in [-0.39, 0.29) is 11.9 Å². The minimum atomic E-state index is -0.0670. The van der Waals surface area contributed by atoms with Crippen LogP contribution in [0.5, 0.6) is 0 Å². The highest BCUT2D eigenvalue weighted by atomic mass is 79.9. The van der Waals surface area contributed by atoms with Crippen LogP contribution in [-0.4, -0.2) is 27.2 Å². The second kappa shape index (κ2) is 6.79. The molecule has 1 aromatic heterocycles. The number of hydrogen-bond acceptors (Lipinski definition) is 3. The first-order chi connectivity index (χ1) is 9.60.